The van der Waals surface area contributed by atoms with Crippen molar-refractivity contribution in [3.05, 3.63) is 89.0 Å². The lowest BCUT2D eigenvalue weighted by molar-refractivity contribution is -0.393. The second-order valence-corrected chi connectivity index (χ2v) is 6.49. The predicted octanol–water partition coefficient (Wildman–Crippen LogP) is 4.15. The summed E-state index contributed by atoms with van der Waals surface area (Å²) < 4.78 is 0. The normalized spacial score (nSPS) is 11.8. The Labute approximate surface area is 189 Å². The molecule has 0 atom stereocenters. The van der Waals surface area contributed by atoms with E-state index in [4.69, 9.17) is 0 Å². The molecule has 0 aliphatic heterocycles. The van der Waals surface area contributed by atoms with Crippen LogP contribution in [0.5, 0.6) is 0 Å². The fraction of sp³-hybridized carbons (Fsp3) is 0.111. The molecule has 2 rings (SSSR count). The van der Waals surface area contributed by atoms with Gasteiger partial charge in [0, 0.05) is 12.1 Å². The van der Waals surface area contributed by atoms with Crippen LogP contribution in [0.3, 0.4) is 0 Å². The number of nitrogens with zero attached hydrogens (tertiary/aromatic N) is 6. The number of rotatable bonds is 10. The number of non-ortho nitro benzene ring substituents is 2. The number of allylic oxidation sites excluding steroid dienone is 2. The fourth-order valence-electron chi connectivity index (χ4n) is 2.37. The molecule has 16 heteroatoms. The molecule has 176 valence electrons. The Balaban J connectivity index is 2.12. The van der Waals surface area contributed by atoms with Crippen LogP contribution in [0.1, 0.15) is 13.8 Å². The molecule has 0 bridgehead atoms. The molecule has 0 amide bonds. The van der Waals surface area contributed by atoms with E-state index in [9.17, 15) is 40.5 Å². The van der Waals surface area contributed by atoms with E-state index >= 15 is 0 Å². The van der Waals surface area contributed by atoms with Crippen LogP contribution in [-0.2, 0) is 0 Å². The topological polar surface area (TPSA) is 221 Å². The Kier molecular flexibility index (Phi) is 7.97. The van der Waals surface area contributed by atoms with Crippen LogP contribution >= 0.6 is 0 Å². The Morgan fingerprint density at radius 2 is 1.03 bits per heavy atom. The molecular weight excluding hydrogens is 456 g/mol. The van der Waals surface area contributed by atoms with Crippen LogP contribution in [0, 0.1) is 40.5 Å². The molecule has 0 saturated carbocycles. The summed E-state index contributed by atoms with van der Waals surface area (Å²) in [6, 6.07) is 6.12. The van der Waals surface area contributed by atoms with E-state index in [1.807, 2.05) is 0 Å². The Hall–Kier alpha value is -5.28. The van der Waals surface area contributed by atoms with Gasteiger partial charge in [-0.05, 0) is 38.1 Å². The van der Waals surface area contributed by atoms with E-state index < -0.39 is 42.4 Å². The molecule has 0 spiro atoms. The SMILES string of the molecule is CC(/C=C\C(C)=N\Nc1ccc([N+](=O)[O-])cc1[N+](=O)[O-])=N/Nc1ccc([N+](=O)[O-])cc1[N+](=O)[O-]. The molecule has 0 radical (unpaired) electrons. The van der Waals surface area contributed by atoms with Crippen molar-refractivity contribution in [2.75, 3.05) is 10.9 Å². The zero-order valence-electron chi connectivity index (χ0n) is 17.6. The quantitative estimate of drug-likeness (QED) is 0.285. The minimum Gasteiger partial charge on any atom is -0.271 e. The van der Waals surface area contributed by atoms with E-state index in [2.05, 4.69) is 21.1 Å². The van der Waals surface area contributed by atoms with Gasteiger partial charge in [-0.3, -0.25) is 51.3 Å². The Morgan fingerprint density at radius 3 is 1.32 bits per heavy atom. The molecule has 2 aromatic rings. The standard InChI is InChI=1S/C18H16N8O8/c1-11(19-21-15-7-5-13(23(27)28)9-17(15)25(31)32)3-4-12(2)20-22-16-8-6-14(24(29)30)10-18(16)26(33)34/h3-10,21-22H,1-2H3/b4-3-,19-11-,20-12+. The van der Waals surface area contributed by atoms with Gasteiger partial charge in [0.1, 0.15) is 11.4 Å². The zero-order chi connectivity index (χ0) is 25.4. The van der Waals surface area contributed by atoms with E-state index in [1.54, 1.807) is 13.8 Å². The minimum absolute atomic E-state index is 0.0547. The van der Waals surface area contributed by atoms with Crippen LogP contribution in [0.4, 0.5) is 34.1 Å². The monoisotopic (exact) mass is 472 g/mol. The molecule has 34 heavy (non-hydrogen) atoms. The summed E-state index contributed by atoms with van der Waals surface area (Å²) in [7, 11) is 0. The molecule has 0 aliphatic carbocycles. The summed E-state index contributed by atoms with van der Waals surface area (Å²) in [4.78, 5) is 40.8. The highest BCUT2D eigenvalue weighted by Gasteiger charge is 2.20. The van der Waals surface area contributed by atoms with Gasteiger partial charge in [-0.2, -0.15) is 10.2 Å². The first kappa shape index (κ1) is 25.0. The maximum Gasteiger partial charge on any atom is 0.301 e. The third kappa shape index (κ3) is 6.61. The van der Waals surface area contributed by atoms with Crippen molar-refractivity contribution >= 4 is 45.5 Å². The number of nitrogens with one attached hydrogen (secondary N) is 2. The smallest absolute Gasteiger partial charge is 0.271 e. The molecule has 0 unspecified atom stereocenters. The van der Waals surface area contributed by atoms with Gasteiger partial charge in [0.2, 0.25) is 0 Å². The number of benzene rings is 2. The summed E-state index contributed by atoms with van der Waals surface area (Å²) in [5.41, 5.74) is 3.59. The highest BCUT2D eigenvalue weighted by atomic mass is 16.6. The van der Waals surface area contributed by atoms with Gasteiger partial charge in [0.05, 0.1) is 43.2 Å². The van der Waals surface area contributed by atoms with Crippen molar-refractivity contribution in [1.82, 2.24) is 0 Å². The van der Waals surface area contributed by atoms with Gasteiger partial charge in [-0.25, -0.2) is 0 Å². The van der Waals surface area contributed by atoms with Gasteiger partial charge in [0.15, 0.2) is 0 Å². The number of nitro groups is 4. The molecule has 0 saturated heterocycles. The van der Waals surface area contributed by atoms with Crippen LogP contribution in [0.15, 0.2) is 58.8 Å². The molecule has 16 nitrogen and oxygen atoms in total. The maximum absolute atomic E-state index is 11.1. The van der Waals surface area contributed by atoms with Gasteiger partial charge >= 0.3 is 11.4 Å². The first-order chi connectivity index (χ1) is 16.0. The number of hydrazone groups is 2. The number of hydrogen-bond donors (Lipinski definition) is 2. The predicted molar refractivity (Wildman–Crippen MR) is 122 cm³/mol. The van der Waals surface area contributed by atoms with Crippen molar-refractivity contribution in [2.45, 2.75) is 13.8 Å². The van der Waals surface area contributed by atoms with E-state index in [-0.39, 0.29) is 11.4 Å². The van der Waals surface area contributed by atoms with Crippen molar-refractivity contribution in [3.63, 3.8) is 0 Å². The Morgan fingerprint density at radius 1 is 0.676 bits per heavy atom. The van der Waals surface area contributed by atoms with E-state index in [1.165, 1.54) is 12.2 Å². The highest BCUT2D eigenvalue weighted by Crippen LogP contribution is 2.30. The third-order valence-corrected chi connectivity index (χ3v) is 4.05. The molecule has 2 aromatic carbocycles. The molecule has 0 fully saturated rings. The van der Waals surface area contributed by atoms with Crippen LogP contribution in [-0.4, -0.2) is 31.1 Å². The summed E-state index contributed by atoms with van der Waals surface area (Å²) in [6.45, 7) is 3.12. The second-order valence-electron chi connectivity index (χ2n) is 6.49. The number of hydrogen-bond acceptors (Lipinski definition) is 12. The summed E-state index contributed by atoms with van der Waals surface area (Å²) in [6.07, 6.45) is 2.96. The molecule has 2 N–H and O–H groups in total. The van der Waals surface area contributed by atoms with Crippen molar-refractivity contribution < 1.29 is 19.7 Å². The van der Waals surface area contributed by atoms with E-state index in [0.29, 0.717) is 11.4 Å². The summed E-state index contributed by atoms with van der Waals surface area (Å²) in [5, 5.41) is 51.8. The average Bonchev–Trinajstić information content (AvgIpc) is 2.79. The lowest BCUT2D eigenvalue weighted by Crippen LogP contribution is -2.01. The number of nitro benzene ring substituents is 4. The van der Waals surface area contributed by atoms with Crippen LogP contribution in [0.2, 0.25) is 0 Å². The zero-order valence-corrected chi connectivity index (χ0v) is 17.6. The summed E-state index contributed by atoms with van der Waals surface area (Å²) in [5.74, 6) is 0. The van der Waals surface area contributed by atoms with Gasteiger partial charge in [-0.15, -0.1) is 0 Å². The largest absolute Gasteiger partial charge is 0.301 e. The highest BCUT2D eigenvalue weighted by molar-refractivity contribution is 6.02. The van der Waals surface area contributed by atoms with Crippen molar-refractivity contribution in [3.8, 4) is 0 Å². The molecule has 0 heterocycles. The molecular formula is C18H16N8O8. The first-order valence-corrected chi connectivity index (χ1v) is 9.14. The fourth-order valence-corrected chi connectivity index (χ4v) is 2.37. The summed E-state index contributed by atoms with van der Waals surface area (Å²) >= 11 is 0. The third-order valence-electron chi connectivity index (χ3n) is 4.05. The molecule has 0 aromatic heterocycles. The Bertz CT molecular complexity index is 1160. The minimum atomic E-state index is -0.782. The van der Waals surface area contributed by atoms with Crippen LogP contribution in [0.25, 0.3) is 0 Å². The first-order valence-electron chi connectivity index (χ1n) is 9.14. The van der Waals surface area contributed by atoms with Gasteiger partial charge in [-0.1, -0.05) is 0 Å². The van der Waals surface area contributed by atoms with Gasteiger partial charge in [0.25, 0.3) is 11.4 Å². The van der Waals surface area contributed by atoms with E-state index in [0.717, 1.165) is 36.4 Å². The van der Waals surface area contributed by atoms with Crippen molar-refractivity contribution in [1.29, 1.82) is 0 Å². The lowest BCUT2D eigenvalue weighted by atomic mass is 10.2. The number of anilines is 2. The van der Waals surface area contributed by atoms with Crippen molar-refractivity contribution in [2.24, 2.45) is 10.2 Å². The van der Waals surface area contributed by atoms with Gasteiger partial charge < -0.3 is 0 Å². The lowest BCUT2D eigenvalue weighted by Gasteiger charge is -2.03. The van der Waals surface area contributed by atoms with Crippen LogP contribution < -0.4 is 10.9 Å². The maximum atomic E-state index is 11.1. The second kappa shape index (κ2) is 10.8. The molecule has 0 aliphatic rings. The average molecular weight is 472 g/mol.